The Morgan fingerprint density at radius 3 is 1.37 bits per heavy atom. The number of hydrogen-bond donors (Lipinski definition) is 1. The molecule has 1 aliphatic carbocycles. The van der Waals surface area contributed by atoms with Gasteiger partial charge >= 0.3 is 12.2 Å². The number of likely N-dealkylation sites (tertiary alicyclic amines) is 1. The van der Waals surface area contributed by atoms with Gasteiger partial charge in [-0.2, -0.15) is 0 Å². The zero-order valence-electron chi connectivity index (χ0n) is 65.0. The molecule has 2 aliphatic rings. The second-order valence-electron chi connectivity index (χ2n) is 28.8. The summed E-state index contributed by atoms with van der Waals surface area (Å²) < 4.78 is 29.1. The molecule has 0 radical (unpaired) electrons. The fourth-order valence-electron chi connectivity index (χ4n) is 12.2. The molecule has 2 N–H and O–H groups in total. The van der Waals surface area contributed by atoms with Gasteiger partial charge in [-0.25, -0.2) is 19.4 Å². The molecule has 11 rings (SSSR count). The third-order valence-electron chi connectivity index (χ3n) is 17.5. The quantitative estimate of drug-likeness (QED) is 0.0251. The lowest BCUT2D eigenvalue weighted by molar-refractivity contribution is -0.131. The van der Waals surface area contributed by atoms with Crippen LogP contribution in [0.2, 0.25) is 45.2 Å². The van der Waals surface area contributed by atoms with Crippen LogP contribution in [0.1, 0.15) is 103 Å². The van der Waals surface area contributed by atoms with Gasteiger partial charge in [0.2, 0.25) is 11.1 Å². The zero-order valence-corrected chi connectivity index (χ0v) is 72.5. The fraction of sp³-hybridized carbons (Fsp3) is 0.223. The molecule has 13 nitrogen and oxygen atoms in total. The van der Waals surface area contributed by atoms with Gasteiger partial charge in [-0.3, -0.25) is 14.4 Å². The molecule has 7 atom stereocenters. The Balaban J connectivity index is 0.000000210. The third kappa shape index (κ3) is 31.9. The molecule has 610 valence electrons. The van der Waals surface area contributed by atoms with E-state index in [1.54, 1.807) is 133 Å². The Bertz CT molecular complexity index is 4960. The molecule has 117 heavy (non-hydrogen) atoms. The topological polar surface area (TPSA) is 164 Å². The van der Waals surface area contributed by atoms with Crippen LogP contribution in [0, 0.1) is 11.8 Å². The van der Waals surface area contributed by atoms with Gasteiger partial charge in [-0.1, -0.05) is 323 Å². The van der Waals surface area contributed by atoms with Gasteiger partial charge in [0.25, 0.3) is 5.91 Å². The maximum atomic E-state index is 14.0. The van der Waals surface area contributed by atoms with Crippen LogP contribution in [-0.2, 0) is 57.9 Å². The number of carbonyl (C=O) groups is 5. The first-order chi connectivity index (χ1) is 55.9. The number of amides is 4. The van der Waals surface area contributed by atoms with E-state index in [2.05, 4.69) is 0 Å². The summed E-state index contributed by atoms with van der Waals surface area (Å²) in [6.45, 7) is 12.5. The molecule has 1 fully saturated rings. The van der Waals surface area contributed by atoms with Crippen molar-refractivity contribution in [1.82, 2.24) is 9.80 Å². The van der Waals surface area contributed by atoms with E-state index in [1.165, 1.54) is 23.1 Å². The first-order valence-electron chi connectivity index (χ1n) is 37.2. The number of hydrogen-bond acceptors (Lipinski definition) is 11. The number of halogens is 10. The molecule has 4 amide bonds. The highest BCUT2D eigenvalue weighted by atomic mass is 35.5. The highest BCUT2D eigenvalue weighted by Crippen LogP contribution is 2.54. The first-order valence-corrected chi connectivity index (χ1v) is 40.9. The predicted octanol–water partition coefficient (Wildman–Crippen LogP) is 26.2. The lowest BCUT2D eigenvalue weighted by atomic mass is 9.65. The minimum absolute atomic E-state index is 0.0496. The first kappa shape index (κ1) is 93.9. The van der Waals surface area contributed by atoms with E-state index in [0.29, 0.717) is 66.6 Å². The molecule has 1 saturated heterocycles. The molecule has 9 aromatic rings. The van der Waals surface area contributed by atoms with E-state index in [-0.39, 0.29) is 42.9 Å². The number of nitrogens with zero attached hydrogens (tertiary/aromatic N) is 2. The Morgan fingerprint density at radius 2 is 0.897 bits per heavy atom. The van der Waals surface area contributed by atoms with Gasteiger partial charge in [-0.05, 0) is 182 Å². The number of imide groups is 2. The lowest BCUT2D eigenvalue weighted by Crippen LogP contribution is -2.47. The summed E-state index contributed by atoms with van der Waals surface area (Å²) in [4.78, 5) is 67.0. The van der Waals surface area contributed by atoms with E-state index >= 15 is 0 Å². The van der Waals surface area contributed by atoms with Gasteiger partial charge in [0.05, 0.1) is 57.6 Å². The number of rotatable bonds is 25. The monoisotopic (exact) mass is 1770 g/mol. The fourth-order valence-corrected chi connectivity index (χ4v) is 14.2. The summed E-state index contributed by atoms with van der Waals surface area (Å²) in [7, 11) is 0. The third-order valence-corrected chi connectivity index (χ3v) is 20.1. The SMILES string of the molecule is CC(C)(C)OC(=O)N(C(=O)/C=C/C=C/c1ccc(Cl)cc1Cl)[C@@H](/C=C\c1ccc(Cl)cc1)COCc1ccccc1.CC(C)(C)OC(=O)N1C(=O)[C@H]2C=C[C@@H](c3ccc(Cl)cc3Cl)[C@H](c3ccc(Cl)cc3)[C@@H]2[C@H]1COCc1ccccc1.N[C@@H](/C=C\c1ccc(Cl)cc1)COCc1ccccc1.O=C(Cl)/C=C/C=C/c1ccc(Cl)cc1Cl. The summed E-state index contributed by atoms with van der Waals surface area (Å²) >= 11 is 60.1. The summed E-state index contributed by atoms with van der Waals surface area (Å²) in [5.41, 5.74) is 12.9. The van der Waals surface area contributed by atoms with E-state index < -0.39 is 52.5 Å². The van der Waals surface area contributed by atoms with Gasteiger partial charge in [0.1, 0.15) is 11.2 Å². The molecule has 23 heteroatoms. The van der Waals surface area contributed by atoms with Gasteiger partial charge in [0, 0.05) is 75.1 Å². The van der Waals surface area contributed by atoms with Crippen molar-refractivity contribution in [2.24, 2.45) is 17.6 Å². The molecule has 0 spiro atoms. The Hall–Kier alpha value is -8.55. The average molecular weight is 1780 g/mol. The summed E-state index contributed by atoms with van der Waals surface area (Å²) in [5, 5.41) is 4.66. The maximum absolute atomic E-state index is 14.0. The van der Waals surface area contributed by atoms with Crippen LogP contribution in [0.15, 0.2) is 279 Å². The van der Waals surface area contributed by atoms with E-state index in [9.17, 15) is 24.0 Å². The van der Waals surface area contributed by atoms with Crippen molar-refractivity contribution in [3.8, 4) is 0 Å². The number of allylic oxidation sites excluding steroid dienone is 6. The van der Waals surface area contributed by atoms with Crippen LogP contribution >= 0.6 is 116 Å². The predicted molar refractivity (Wildman–Crippen MR) is 481 cm³/mol. The molecule has 0 bridgehead atoms. The highest BCUT2D eigenvalue weighted by molar-refractivity contribution is 6.66. The van der Waals surface area contributed by atoms with Crippen LogP contribution in [0.3, 0.4) is 0 Å². The minimum Gasteiger partial charge on any atom is -0.443 e. The Kier molecular flexibility index (Phi) is 38.0. The van der Waals surface area contributed by atoms with Gasteiger partial charge < -0.3 is 29.4 Å². The normalized spacial score (nSPS) is 16.5. The van der Waals surface area contributed by atoms with Crippen molar-refractivity contribution in [2.75, 3.05) is 19.8 Å². The largest absolute Gasteiger partial charge is 0.443 e. The van der Waals surface area contributed by atoms with E-state index in [1.807, 2.05) is 194 Å². The molecule has 0 aromatic heterocycles. The van der Waals surface area contributed by atoms with Crippen molar-refractivity contribution in [1.29, 1.82) is 0 Å². The summed E-state index contributed by atoms with van der Waals surface area (Å²) in [6.07, 6.45) is 22.4. The number of benzene rings is 9. The van der Waals surface area contributed by atoms with E-state index in [0.717, 1.165) is 60.0 Å². The van der Waals surface area contributed by atoms with Crippen molar-refractivity contribution >= 4 is 170 Å². The summed E-state index contributed by atoms with van der Waals surface area (Å²) in [6, 6.07) is 66.3. The average Bonchev–Trinajstić information content (AvgIpc) is 1.58. The molecule has 9 aromatic carbocycles. The van der Waals surface area contributed by atoms with Crippen LogP contribution in [0.5, 0.6) is 0 Å². The standard InChI is InChI=1S/2C33H32Cl3NO4.C17H18ClNO.C11H7Cl3O/c1-33(2,3)41-32(39)37-28(19-40-18-20-7-5-4-6-8-20)30-26(31(37)38)16-15-25(24-14-13-23(35)17-27(24)36)29(30)21-9-11-22(34)12-10-21;1-33(2,3)41-32(39)37(31(38)12-8-7-11-26-16-19-28(35)21-30(26)36)29(20-15-24-13-17-27(34)18-14-24)23-40-22-25-9-5-4-6-10-25;18-16-9-6-14(7-10-16)8-11-17(19)13-20-12-15-4-2-1-3-5-15;12-9-6-5-8(10(13)7-9)3-1-2-4-11(14)15/h4-17,25-26,28-30H,18-19H2,1-3H3;4-21,29H,22-23H2,1-3H3;1-11,17H,12-13,19H2;1-7H/b;11-7+,12-8+,20-15-;11-8-;3-1+,4-2+/t25-,26-,28+,29-,30-;29-;17-;/m000./s1. The molecule has 1 aliphatic heterocycles. The van der Waals surface area contributed by atoms with Crippen LogP contribution in [-0.4, -0.2) is 88.2 Å². The van der Waals surface area contributed by atoms with Crippen molar-refractivity contribution in [3.05, 3.63) is 374 Å². The Labute approximate surface area is 735 Å². The van der Waals surface area contributed by atoms with Gasteiger partial charge in [-0.15, -0.1) is 0 Å². The second-order valence-corrected chi connectivity index (χ2v) is 33.0. The van der Waals surface area contributed by atoms with Crippen LogP contribution in [0.25, 0.3) is 24.3 Å². The zero-order chi connectivity index (χ0) is 84.6. The molecule has 1 heterocycles. The second kappa shape index (κ2) is 47.3. The van der Waals surface area contributed by atoms with Crippen molar-refractivity contribution in [3.63, 3.8) is 0 Å². The maximum Gasteiger partial charge on any atom is 0.417 e. The number of fused-ring (bicyclic) bond motifs is 1. The molecule has 0 saturated carbocycles. The molecule has 0 unspecified atom stereocenters. The van der Waals surface area contributed by atoms with E-state index in [4.69, 9.17) is 145 Å². The smallest absolute Gasteiger partial charge is 0.417 e. The summed E-state index contributed by atoms with van der Waals surface area (Å²) in [5.74, 6) is -2.13. The van der Waals surface area contributed by atoms with Crippen LogP contribution in [0.4, 0.5) is 9.59 Å². The Morgan fingerprint density at radius 1 is 0.470 bits per heavy atom. The van der Waals surface area contributed by atoms with Crippen molar-refractivity contribution < 1.29 is 47.7 Å². The van der Waals surface area contributed by atoms with Crippen LogP contribution < -0.4 is 5.73 Å². The lowest BCUT2D eigenvalue weighted by Gasteiger charge is -2.39. The van der Waals surface area contributed by atoms with Crippen molar-refractivity contribution in [2.45, 2.75) is 103 Å². The minimum atomic E-state index is -0.820. The number of nitrogens with two attached hydrogens (primary N) is 1. The molecular formula is C94H89Cl10N3O10. The number of ether oxygens (including phenoxy) is 5. The number of carbonyl (C=O) groups excluding carboxylic acids is 5. The van der Waals surface area contributed by atoms with Gasteiger partial charge in [0.15, 0.2) is 0 Å². The molecular weight excluding hydrogens is 1690 g/mol. The highest BCUT2D eigenvalue weighted by Gasteiger charge is 2.57.